The quantitative estimate of drug-likeness (QED) is 0.833. The van der Waals surface area contributed by atoms with Crippen LogP contribution < -0.4 is 5.32 Å². The van der Waals surface area contributed by atoms with Gasteiger partial charge < -0.3 is 19.7 Å². The number of aromatic nitrogens is 2. The Balaban J connectivity index is 1.62. The Labute approximate surface area is 154 Å². The Morgan fingerprint density at radius 3 is 2.77 bits per heavy atom. The van der Waals surface area contributed by atoms with Crippen LogP contribution in [0.1, 0.15) is 50.2 Å². The lowest BCUT2D eigenvalue weighted by Crippen LogP contribution is -2.32. The summed E-state index contributed by atoms with van der Waals surface area (Å²) in [4.78, 5) is 17.1. The summed E-state index contributed by atoms with van der Waals surface area (Å²) in [5.74, 6) is 0.586. The van der Waals surface area contributed by atoms with E-state index in [1.54, 1.807) is 20.0 Å². The number of amides is 1. The van der Waals surface area contributed by atoms with Crippen molar-refractivity contribution in [2.75, 3.05) is 6.61 Å². The molecule has 1 aliphatic rings. The molecular weight excluding hydrogens is 330 g/mol. The molecule has 1 aliphatic heterocycles. The minimum absolute atomic E-state index is 0.00952. The number of benzene rings is 1. The van der Waals surface area contributed by atoms with Gasteiger partial charge in [-0.15, -0.1) is 0 Å². The van der Waals surface area contributed by atoms with Gasteiger partial charge in [-0.05, 0) is 38.3 Å². The summed E-state index contributed by atoms with van der Waals surface area (Å²) < 4.78 is 7.83. The largest absolute Gasteiger partial charge is 0.386 e. The van der Waals surface area contributed by atoms with Crippen LogP contribution in [0.3, 0.4) is 0 Å². The molecule has 6 heteroatoms. The number of hydrogen-bond acceptors (Lipinski definition) is 4. The highest BCUT2D eigenvalue weighted by Crippen LogP contribution is 2.34. The fraction of sp³-hybridized carbons (Fsp3) is 0.500. The number of imidazole rings is 1. The number of aryl methyl sites for hydroxylation is 1. The standard InChI is InChI=1S/C20H27N3O3/c1-4-23-11-10-21-18(23)17-16(9-12-26-17)19(24)22-13-14-5-7-15(8-6-14)20(2,3)25/h5-8,10-11,16-17,25H,4,9,12-13H2,1-3H3,(H,22,24)/t16-,17-/m1/s1. The van der Waals surface area contributed by atoms with Crippen molar-refractivity contribution >= 4 is 5.91 Å². The summed E-state index contributed by atoms with van der Waals surface area (Å²) in [6.45, 7) is 7.38. The molecule has 1 aromatic carbocycles. The Bertz CT molecular complexity index is 746. The van der Waals surface area contributed by atoms with Crippen molar-refractivity contribution in [2.45, 2.75) is 52.0 Å². The number of carbonyl (C=O) groups is 1. The highest BCUT2D eigenvalue weighted by atomic mass is 16.5. The summed E-state index contributed by atoms with van der Waals surface area (Å²) in [6, 6.07) is 7.64. The first-order valence-corrected chi connectivity index (χ1v) is 9.12. The maximum Gasteiger partial charge on any atom is 0.226 e. The third kappa shape index (κ3) is 3.97. The van der Waals surface area contributed by atoms with Gasteiger partial charge in [0.05, 0.1) is 11.5 Å². The van der Waals surface area contributed by atoms with Gasteiger partial charge in [0.1, 0.15) is 11.9 Å². The van der Waals surface area contributed by atoms with Crippen molar-refractivity contribution in [3.05, 3.63) is 53.6 Å². The van der Waals surface area contributed by atoms with Crippen molar-refractivity contribution < 1.29 is 14.6 Å². The number of hydrogen-bond donors (Lipinski definition) is 2. The van der Waals surface area contributed by atoms with Crippen LogP contribution in [0.4, 0.5) is 0 Å². The van der Waals surface area contributed by atoms with Crippen molar-refractivity contribution in [3.8, 4) is 0 Å². The Morgan fingerprint density at radius 1 is 1.38 bits per heavy atom. The van der Waals surface area contributed by atoms with E-state index in [-0.39, 0.29) is 17.9 Å². The van der Waals surface area contributed by atoms with Crippen molar-refractivity contribution in [2.24, 2.45) is 5.92 Å². The van der Waals surface area contributed by atoms with Crippen molar-refractivity contribution in [1.29, 1.82) is 0 Å². The molecule has 2 N–H and O–H groups in total. The molecule has 0 spiro atoms. The Morgan fingerprint density at radius 2 is 2.12 bits per heavy atom. The molecule has 1 saturated heterocycles. The van der Waals surface area contributed by atoms with E-state index in [2.05, 4.69) is 10.3 Å². The average molecular weight is 357 g/mol. The molecule has 0 radical (unpaired) electrons. The number of nitrogens with one attached hydrogen (secondary N) is 1. The molecule has 0 bridgehead atoms. The molecule has 1 fully saturated rings. The molecule has 3 rings (SSSR count). The van der Waals surface area contributed by atoms with Gasteiger partial charge in [-0.25, -0.2) is 4.98 Å². The van der Waals surface area contributed by atoms with Gasteiger partial charge in [-0.3, -0.25) is 4.79 Å². The van der Waals surface area contributed by atoms with Crippen LogP contribution in [0.25, 0.3) is 0 Å². The number of aliphatic hydroxyl groups is 1. The minimum atomic E-state index is -0.864. The molecule has 2 heterocycles. The maximum atomic E-state index is 12.7. The first-order chi connectivity index (χ1) is 12.4. The van der Waals surface area contributed by atoms with Crippen LogP contribution in [0.15, 0.2) is 36.7 Å². The van der Waals surface area contributed by atoms with Gasteiger partial charge in [0.25, 0.3) is 0 Å². The van der Waals surface area contributed by atoms with Crippen molar-refractivity contribution in [1.82, 2.24) is 14.9 Å². The number of nitrogens with zero attached hydrogens (tertiary/aromatic N) is 2. The summed E-state index contributed by atoms with van der Waals surface area (Å²) in [7, 11) is 0. The molecule has 2 atom stereocenters. The zero-order valence-corrected chi connectivity index (χ0v) is 15.6. The van der Waals surface area contributed by atoms with Gasteiger partial charge in [0, 0.05) is 32.1 Å². The van der Waals surface area contributed by atoms with Crippen LogP contribution in [-0.4, -0.2) is 27.2 Å². The molecular formula is C20H27N3O3. The van der Waals surface area contributed by atoms with Crippen LogP contribution in [0.2, 0.25) is 0 Å². The van der Waals surface area contributed by atoms with Crippen LogP contribution in [0.5, 0.6) is 0 Å². The highest BCUT2D eigenvalue weighted by molar-refractivity contribution is 5.79. The fourth-order valence-electron chi connectivity index (χ4n) is 3.31. The van der Waals surface area contributed by atoms with E-state index in [0.29, 0.717) is 19.6 Å². The number of carbonyl (C=O) groups excluding carboxylic acids is 1. The summed E-state index contributed by atoms with van der Waals surface area (Å²) in [5, 5.41) is 13.0. The van der Waals surface area contributed by atoms with Gasteiger partial charge >= 0.3 is 0 Å². The van der Waals surface area contributed by atoms with E-state index < -0.39 is 5.60 Å². The first-order valence-electron chi connectivity index (χ1n) is 9.12. The van der Waals surface area contributed by atoms with Crippen LogP contribution >= 0.6 is 0 Å². The van der Waals surface area contributed by atoms with Gasteiger partial charge in [-0.2, -0.15) is 0 Å². The second-order valence-electron chi connectivity index (χ2n) is 7.23. The zero-order valence-electron chi connectivity index (χ0n) is 15.6. The second kappa shape index (κ2) is 7.60. The molecule has 0 unspecified atom stereocenters. The maximum absolute atomic E-state index is 12.7. The monoisotopic (exact) mass is 357 g/mol. The molecule has 1 amide bonds. The molecule has 140 valence electrons. The third-order valence-electron chi connectivity index (χ3n) is 4.90. The van der Waals surface area contributed by atoms with Crippen LogP contribution in [-0.2, 0) is 28.2 Å². The zero-order chi connectivity index (χ0) is 18.7. The van der Waals surface area contributed by atoms with E-state index >= 15 is 0 Å². The normalized spacial score (nSPS) is 20.3. The van der Waals surface area contributed by atoms with E-state index in [9.17, 15) is 9.90 Å². The van der Waals surface area contributed by atoms with E-state index in [1.807, 2.05) is 42.0 Å². The predicted molar refractivity (Wildman–Crippen MR) is 98.2 cm³/mol. The van der Waals surface area contributed by atoms with Gasteiger partial charge in [-0.1, -0.05) is 24.3 Å². The van der Waals surface area contributed by atoms with Crippen LogP contribution in [0, 0.1) is 5.92 Å². The summed E-state index contributed by atoms with van der Waals surface area (Å²) >= 11 is 0. The molecule has 1 aromatic heterocycles. The summed E-state index contributed by atoms with van der Waals surface area (Å²) in [6.07, 6.45) is 4.07. The van der Waals surface area contributed by atoms with Crippen molar-refractivity contribution in [3.63, 3.8) is 0 Å². The van der Waals surface area contributed by atoms with E-state index in [0.717, 1.165) is 23.5 Å². The molecule has 26 heavy (non-hydrogen) atoms. The summed E-state index contributed by atoms with van der Waals surface area (Å²) in [5.41, 5.74) is 0.984. The molecule has 0 aliphatic carbocycles. The highest BCUT2D eigenvalue weighted by Gasteiger charge is 2.37. The lowest BCUT2D eigenvalue weighted by atomic mass is 9.97. The lowest BCUT2D eigenvalue weighted by molar-refractivity contribution is -0.127. The number of rotatable bonds is 6. The molecule has 0 saturated carbocycles. The number of ether oxygens (including phenoxy) is 1. The third-order valence-corrected chi connectivity index (χ3v) is 4.90. The molecule has 2 aromatic rings. The first kappa shape index (κ1) is 18.6. The average Bonchev–Trinajstić information content (AvgIpc) is 3.27. The SMILES string of the molecule is CCn1ccnc1[C@@H]1OCC[C@H]1C(=O)NCc1ccc(C(C)(C)O)cc1. The molecule has 6 nitrogen and oxygen atoms in total. The lowest BCUT2D eigenvalue weighted by Gasteiger charge is -2.19. The Kier molecular flexibility index (Phi) is 5.44. The van der Waals surface area contributed by atoms with E-state index in [1.165, 1.54) is 0 Å². The Hall–Kier alpha value is -2.18. The van der Waals surface area contributed by atoms with Gasteiger partial charge in [0.15, 0.2) is 0 Å². The van der Waals surface area contributed by atoms with Gasteiger partial charge in [0.2, 0.25) is 5.91 Å². The smallest absolute Gasteiger partial charge is 0.226 e. The fourth-order valence-corrected chi connectivity index (χ4v) is 3.31. The second-order valence-corrected chi connectivity index (χ2v) is 7.23. The minimum Gasteiger partial charge on any atom is -0.386 e. The topological polar surface area (TPSA) is 76.4 Å². The van der Waals surface area contributed by atoms with E-state index in [4.69, 9.17) is 4.74 Å². The predicted octanol–water partition coefficient (Wildman–Crippen LogP) is 2.52.